The average Bonchev–Trinajstić information content (AvgIpc) is 2.31. The lowest BCUT2D eigenvalue weighted by molar-refractivity contribution is 1.15. The summed E-state index contributed by atoms with van der Waals surface area (Å²) in [5, 5.41) is 5.59. The molecule has 5 heteroatoms. The van der Waals surface area contributed by atoms with Crippen molar-refractivity contribution in [3.63, 3.8) is 0 Å². The van der Waals surface area contributed by atoms with Crippen LogP contribution in [0.3, 0.4) is 0 Å². The summed E-state index contributed by atoms with van der Waals surface area (Å²) in [6, 6.07) is 10.7. The van der Waals surface area contributed by atoms with E-state index < -0.39 is 0 Å². The van der Waals surface area contributed by atoms with Crippen molar-refractivity contribution in [2.75, 3.05) is 5.32 Å². The molecule has 18 heavy (non-hydrogen) atoms. The van der Waals surface area contributed by atoms with Crippen LogP contribution >= 0.6 is 46.4 Å². The Morgan fingerprint density at radius 2 is 1.50 bits per heavy atom. The molecule has 0 radical (unpaired) electrons. The van der Waals surface area contributed by atoms with E-state index >= 15 is 0 Å². The number of nitrogens with one attached hydrogen (secondary N) is 1. The Kier molecular flexibility index (Phi) is 4.63. The van der Waals surface area contributed by atoms with Crippen LogP contribution in [0.2, 0.25) is 20.1 Å². The maximum absolute atomic E-state index is 6.08. The van der Waals surface area contributed by atoms with Gasteiger partial charge in [-0.3, -0.25) is 0 Å². The predicted octanol–water partition coefficient (Wildman–Crippen LogP) is 5.91. The Balaban J connectivity index is 2.16. The van der Waals surface area contributed by atoms with E-state index in [-0.39, 0.29) is 0 Å². The molecule has 0 bridgehead atoms. The van der Waals surface area contributed by atoms with E-state index in [1.54, 1.807) is 24.3 Å². The summed E-state index contributed by atoms with van der Waals surface area (Å²) in [7, 11) is 0. The van der Waals surface area contributed by atoms with Crippen molar-refractivity contribution in [3.8, 4) is 0 Å². The van der Waals surface area contributed by atoms with E-state index in [4.69, 9.17) is 46.4 Å². The van der Waals surface area contributed by atoms with E-state index in [2.05, 4.69) is 5.32 Å². The molecule has 2 aromatic carbocycles. The lowest BCUT2D eigenvalue weighted by Crippen LogP contribution is -2.01. The van der Waals surface area contributed by atoms with Crippen LogP contribution in [0.25, 0.3) is 0 Å². The Labute approximate surface area is 126 Å². The molecule has 94 valence electrons. The smallest absolute Gasteiger partial charge is 0.0652 e. The second-order valence-corrected chi connectivity index (χ2v) is 5.34. The minimum Gasteiger partial charge on any atom is -0.380 e. The fraction of sp³-hybridized carbons (Fsp3) is 0.0769. The Hall–Kier alpha value is -0.600. The summed E-state index contributed by atoms with van der Waals surface area (Å²) in [4.78, 5) is 0. The van der Waals surface area contributed by atoms with Gasteiger partial charge < -0.3 is 5.32 Å². The summed E-state index contributed by atoms with van der Waals surface area (Å²) in [5.74, 6) is 0. The molecule has 0 unspecified atom stereocenters. The van der Waals surface area contributed by atoms with Crippen LogP contribution in [0.5, 0.6) is 0 Å². The van der Waals surface area contributed by atoms with E-state index in [9.17, 15) is 0 Å². The highest BCUT2D eigenvalue weighted by molar-refractivity contribution is 6.37. The fourth-order valence-electron chi connectivity index (χ4n) is 1.52. The maximum Gasteiger partial charge on any atom is 0.0652 e. The molecule has 2 rings (SSSR count). The molecule has 2 aromatic rings. The zero-order chi connectivity index (χ0) is 13.1. The molecule has 0 aliphatic rings. The summed E-state index contributed by atoms with van der Waals surface area (Å²) in [6.45, 7) is 0.500. The van der Waals surface area contributed by atoms with Crippen LogP contribution in [-0.4, -0.2) is 0 Å². The summed E-state index contributed by atoms with van der Waals surface area (Å²) in [5.41, 5.74) is 1.63. The minimum absolute atomic E-state index is 0.500. The molecule has 0 heterocycles. The first-order valence-electron chi connectivity index (χ1n) is 5.20. The lowest BCUT2D eigenvalue weighted by atomic mass is 10.2. The molecule has 0 aliphatic carbocycles. The van der Waals surface area contributed by atoms with Gasteiger partial charge in [0.25, 0.3) is 0 Å². The predicted molar refractivity (Wildman–Crippen MR) is 80.3 cm³/mol. The van der Waals surface area contributed by atoms with Crippen molar-refractivity contribution in [1.29, 1.82) is 0 Å². The third-order valence-electron chi connectivity index (χ3n) is 2.45. The van der Waals surface area contributed by atoms with Crippen molar-refractivity contribution >= 4 is 52.1 Å². The highest BCUT2D eigenvalue weighted by atomic mass is 35.5. The molecule has 0 aromatic heterocycles. The first kappa shape index (κ1) is 13.8. The molecule has 0 atom stereocenters. The number of rotatable bonds is 3. The Morgan fingerprint density at radius 3 is 2.11 bits per heavy atom. The first-order valence-corrected chi connectivity index (χ1v) is 6.71. The topological polar surface area (TPSA) is 12.0 Å². The number of anilines is 1. The van der Waals surface area contributed by atoms with Crippen LogP contribution in [0.1, 0.15) is 5.56 Å². The van der Waals surface area contributed by atoms with Gasteiger partial charge in [0.05, 0.1) is 10.7 Å². The van der Waals surface area contributed by atoms with Crippen molar-refractivity contribution in [3.05, 3.63) is 62.1 Å². The standard InChI is InChI=1S/C13H9Cl4N/c14-8-4-5-13(12(17)6-8)18-7-9-10(15)2-1-3-11(9)16/h1-6,18H,7H2. The monoisotopic (exact) mass is 319 g/mol. The van der Waals surface area contributed by atoms with Gasteiger partial charge in [0.1, 0.15) is 0 Å². The molecule has 0 saturated carbocycles. The van der Waals surface area contributed by atoms with Crippen LogP contribution < -0.4 is 5.32 Å². The van der Waals surface area contributed by atoms with Crippen LogP contribution in [0.15, 0.2) is 36.4 Å². The highest BCUT2D eigenvalue weighted by Crippen LogP contribution is 2.28. The maximum atomic E-state index is 6.08. The molecular formula is C13H9Cl4N. The quantitative estimate of drug-likeness (QED) is 0.741. The SMILES string of the molecule is Clc1ccc(NCc2c(Cl)cccc2Cl)c(Cl)c1. The van der Waals surface area contributed by atoms with Gasteiger partial charge in [-0.15, -0.1) is 0 Å². The highest BCUT2D eigenvalue weighted by Gasteiger charge is 2.06. The number of halogens is 4. The van der Waals surface area contributed by atoms with Crippen LogP contribution in [0, 0.1) is 0 Å². The zero-order valence-electron chi connectivity index (χ0n) is 9.18. The molecular weight excluding hydrogens is 312 g/mol. The summed E-state index contributed by atoms with van der Waals surface area (Å²) >= 11 is 24.1. The Bertz CT molecular complexity index is 549. The molecule has 0 aliphatic heterocycles. The number of hydrogen-bond acceptors (Lipinski definition) is 1. The van der Waals surface area contributed by atoms with Crippen molar-refractivity contribution < 1.29 is 0 Å². The summed E-state index contributed by atoms with van der Waals surface area (Å²) in [6.07, 6.45) is 0. The van der Waals surface area contributed by atoms with E-state index in [0.717, 1.165) is 11.3 Å². The summed E-state index contributed by atoms with van der Waals surface area (Å²) < 4.78 is 0. The van der Waals surface area contributed by atoms with Crippen molar-refractivity contribution in [2.45, 2.75) is 6.54 Å². The molecule has 0 fully saturated rings. The van der Waals surface area contributed by atoms with Crippen molar-refractivity contribution in [2.24, 2.45) is 0 Å². The van der Waals surface area contributed by atoms with Crippen LogP contribution in [0.4, 0.5) is 5.69 Å². The van der Waals surface area contributed by atoms with Gasteiger partial charge in [0.15, 0.2) is 0 Å². The van der Waals surface area contributed by atoms with Gasteiger partial charge in [-0.05, 0) is 30.3 Å². The number of benzene rings is 2. The molecule has 0 amide bonds. The van der Waals surface area contributed by atoms with Gasteiger partial charge in [0, 0.05) is 27.2 Å². The van der Waals surface area contributed by atoms with Gasteiger partial charge in [-0.25, -0.2) is 0 Å². The van der Waals surface area contributed by atoms with Gasteiger partial charge in [-0.2, -0.15) is 0 Å². The van der Waals surface area contributed by atoms with E-state index in [1.165, 1.54) is 0 Å². The fourth-order valence-corrected chi connectivity index (χ4v) is 2.52. The second-order valence-electron chi connectivity index (χ2n) is 3.68. The molecule has 1 nitrogen and oxygen atoms in total. The van der Waals surface area contributed by atoms with Gasteiger partial charge in [0.2, 0.25) is 0 Å². The molecule has 0 saturated heterocycles. The van der Waals surface area contributed by atoms with Crippen LogP contribution in [-0.2, 0) is 6.54 Å². The zero-order valence-corrected chi connectivity index (χ0v) is 12.2. The minimum atomic E-state index is 0.500. The van der Waals surface area contributed by atoms with Gasteiger partial charge in [-0.1, -0.05) is 52.5 Å². The second kappa shape index (κ2) is 6.03. The number of hydrogen-bond donors (Lipinski definition) is 1. The normalized spacial score (nSPS) is 10.4. The Morgan fingerprint density at radius 1 is 0.833 bits per heavy atom. The first-order chi connectivity index (χ1) is 8.58. The molecule has 0 spiro atoms. The lowest BCUT2D eigenvalue weighted by Gasteiger charge is -2.11. The average molecular weight is 321 g/mol. The largest absolute Gasteiger partial charge is 0.380 e. The van der Waals surface area contributed by atoms with E-state index in [1.807, 2.05) is 12.1 Å². The van der Waals surface area contributed by atoms with Crippen molar-refractivity contribution in [1.82, 2.24) is 0 Å². The third kappa shape index (κ3) is 3.24. The van der Waals surface area contributed by atoms with Gasteiger partial charge >= 0.3 is 0 Å². The molecule has 1 N–H and O–H groups in total. The van der Waals surface area contributed by atoms with E-state index in [0.29, 0.717) is 26.6 Å². The third-order valence-corrected chi connectivity index (χ3v) is 3.70.